The van der Waals surface area contributed by atoms with Crippen molar-refractivity contribution in [1.29, 1.82) is 0 Å². The maximum absolute atomic E-state index is 2.54. The van der Waals surface area contributed by atoms with Crippen molar-refractivity contribution in [2.45, 2.75) is 38.0 Å². The lowest BCUT2D eigenvalue weighted by molar-refractivity contribution is 0.445. The van der Waals surface area contributed by atoms with Crippen LogP contribution in [0.15, 0.2) is 182 Å². The van der Waals surface area contributed by atoms with Gasteiger partial charge in [-0.15, -0.1) is 11.3 Å². The van der Waals surface area contributed by atoms with E-state index in [1.807, 2.05) is 11.3 Å². The fourth-order valence-corrected chi connectivity index (χ4v) is 10.3. The van der Waals surface area contributed by atoms with Crippen LogP contribution < -0.4 is 4.90 Å². The van der Waals surface area contributed by atoms with Crippen molar-refractivity contribution in [1.82, 2.24) is 0 Å². The lowest BCUT2D eigenvalue weighted by Crippen LogP contribution is -2.13. The average molecular weight is 712 g/mol. The third kappa shape index (κ3) is 5.70. The Morgan fingerprint density at radius 1 is 0.407 bits per heavy atom. The van der Waals surface area contributed by atoms with Crippen molar-refractivity contribution in [3.8, 4) is 33.4 Å². The Hall–Kier alpha value is -5.96. The first-order chi connectivity index (χ1) is 26.8. The molecule has 0 unspecified atom stereocenters. The zero-order valence-corrected chi connectivity index (χ0v) is 31.1. The number of nitrogens with zero attached hydrogens (tertiary/aromatic N) is 1. The number of hydrogen-bond donors (Lipinski definition) is 0. The van der Waals surface area contributed by atoms with Gasteiger partial charge in [-0.1, -0.05) is 177 Å². The van der Waals surface area contributed by atoms with Gasteiger partial charge in [0, 0.05) is 42.4 Å². The Balaban J connectivity index is 1.26. The Bertz CT molecular complexity index is 2760. The van der Waals surface area contributed by atoms with Crippen LogP contribution >= 0.6 is 11.3 Å². The molecular formula is C52H41NS. The molecule has 1 saturated carbocycles. The summed E-state index contributed by atoms with van der Waals surface area (Å²) in [6.45, 7) is 0. The summed E-state index contributed by atoms with van der Waals surface area (Å²) in [6.07, 6.45) is 6.51. The van der Waals surface area contributed by atoms with Crippen LogP contribution in [0.4, 0.5) is 17.1 Å². The SMILES string of the molecule is c1ccc(-c2ccccc2N(c2ccccc2-c2cccc3c2sc2ccccc23)c2ccccc2-c2cccc3cccc(C4CCCCC4)c23)cc1. The van der Waals surface area contributed by atoms with Gasteiger partial charge in [0.15, 0.2) is 0 Å². The zero-order chi connectivity index (χ0) is 35.8. The van der Waals surface area contributed by atoms with Crippen LogP contribution in [0.2, 0.25) is 0 Å². The van der Waals surface area contributed by atoms with E-state index in [0.717, 1.165) is 11.4 Å². The van der Waals surface area contributed by atoms with Gasteiger partial charge in [-0.3, -0.25) is 0 Å². The Morgan fingerprint density at radius 3 is 1.70 bits per heavy atom. The molecule has 0 saturated heterocycles. The molecule has 2 heteroatoms. The van der Waals surface area contributed by atoms with Crippen LogP contribution in [0, 0.1) is 0 Å². The number of fused-ring (bicyclic) bond motifs is 4. The minimum absolute atomic E-state index is 0.591. The van der Waals surface area contributed by atoms with Crippen LogP contribution in [0.25, 0.3) is 64.3 Å². The molecule has 10 rings (SSSR count). The van der Waals surface area contributed by atoms with E-state index in [9.17, 15) is 0 Å². The fourth-order valence-electron chi connectivity index (χ4n) is 9.02. The first-order valence-corrected chi connectivity index (χ1v) is 20.2. The van der Waals surface area contributed by atoms with E-state index in [4.69, 9.17) is 0 Å². The third-order valence-corrected chi connectivity index (χ3v) is 12.7. The van der Waals surface area contributed by atoms with Crippen LogP contribution in [-0.4, -0.2) is 0 Å². The Labute approximate surface area is 321 Å². The Kier molecular flexibility index (Phi) is 8.54. The van der Waals surface area contributed by atoms with E-state index in [1.54, 1.807) is 0 Å². The highest BCUT2D eigenvalue weighted by Gasteiger charge is 2.26. The second-order valence-corrected chi connectivity index (χ2v) is 15.7. The maximum atomic E-state index is 2.54. The van der Waals surface area contributed by atoms with Crippen molar-refractivity contribution in [2.24, 2.45) is 0 Å². The average Bonchev–Trinajstić information content (AvgIpc) is 3.64. The number of anilines is 3. The Morgan fingerprint density at radius 2 is 0.944 bits per heavy atom. The molecule has 260 valence electrons. The summed E-state index contributed by atoms with van der Waals surface area (Å²) >= 11 is 1.89. The minimum Gasteiger partial charge on any atom is -0.309 e. The van der Waals surface area contributed by atoms with Gasteiger partial charge < -0.3 is 4.90 Å². The second kappa shape index (κ2) is 14.1. The smallest absolute Gasteiger partial charge is 0.0541 e. The monoisotopic (exact) mass is 711 g/mol. The lowest BCUT2D eigenvalue weighted by Gasteiger charge is -2.32. The topological polar surface area (TPSA) is 3.24 Å². The summed E-state index contributed by atoms with van der Waals surface area (Å²) in [5.74, 6) is 0.591. The summed E-state index contributed by atoms with van der Waals surface area (Å²) < 4.78 is 2.64. The molecule has 54 heavy (non-hydrogen) atoms. The molecule has 0 spiro atoms. The molecule has 0 atom stereocenters. The summed E-state index contributed by atoms with van der Waals surface area (Å²) in [6, 6.07) is 67.4. The lowest BCUT2D eigenvalue weighted by atomic mass is 9.80. The molecule has 1 aliphatic rings. The highest BCUT2D eigenvalue weighted by molar-refractivity contribution is 7.26. The first kappa shape index (κ1) is 32.7. The fraction of sp³-hybridized carbons (Fsp3) is 0.115. The van der Waals surface area contributed by atoms with Crippen LogP contribution in [0.3, 0.4) is 0 Å². The van der Waals surface area contributed by atoms with Gasteiger partial charge in [-0.2, -0.15) is 0 Å². The van der Waals surface area contributed by atoms with Gasteiger partial charge in [-0.25, -0.2) is 0 Å². The van der Waals surface area contributed by atoms with Gasteiger partial charge >= 0.3 is 0 Å². The normalized spacial score (nSPS) is 13.5. The standard InChI is InChI=1S/C52H41NS/c1-3-18-36(19-4-1)39-24-7-11-32-47(39)53(49-34-13-9-26-42(49)45-30-17-31-46-43-27-10-14-35-50(43)54-52(45)46)48-33-12-8-25-41(48)44-29-16-23-38-22-15-28-40(51(38)44)37-20-5-2-6-21-37/h1,3-4,7-19,22-35,37H,2,5-6,20-21H2. The van der Waals surface area contributed by atoms with Crippen molar-refractivity contribution >= 4 is 59.3 Å². The van der Waals surface area contributed by atoms with Gasteiger partial charge in [0.2, 0.25) is 0 Å². The molecule has 1 nitrogen and oxygen atoms in total. The predicted molar refractivity (Wildman–Crippen MR) is 234 cm³/mol. The molecule has 9 aromatic rings. The summed E-state index contributed by atoms with van der Waals surface area (Å²) in [4.78, 5) is 2.54. The van der Waals surface area contributed by atoms with Gasteiger partial charge in [0.1, 0.15) is 0 Å². The minimum atomic E-state index is 0.591. The molecule has 1 fully saturated rings. The highest BCUT2D eigenvalue weighted by Crippen LogP contribution is 2.51. The first-order valence-electron chi connectivity index (χ1n) is 19.4. The van der Waals surface area contributed by atoms with E-state index in [1.165, 1.54) is 108 Å². The second-order valence-electron chi connectivity index (χ2n) is 14.6. The van der Waals surface area contributed by atoms with E-state index in [2.05, 4.69) is 187 Å². The van der Waals surface area contributed by atoms with E-state index in [-0.39, 0.29) is 0 Å². The van der Waals surface area contributed by atoms with Crippen molar-refractivity contribution in [2.75, 3.05) is 4.90 Å². The number of para-hydroxylation sites is 3. The van der Waals surface area contributed by atoms with Crippen molar-refractivity contribution in [3.05, 3.63) is 188 Å². The molecule has 0 amide bonds. The zero-order valence-electron chi connectivity index (χ0n) is 30.3. The molecule has 8 aromatic carbocycles. The van der Waals surface area contributed by atoms with E-state index < -0.39 is 0 Å². The molecule has 1 heterocycles. The highest BCUT2D eigenvalue weighted by atomic mass is 32.1. The quantitative estimate of drug-likeness (QED) is 0.159. The van der Waals surface area contributed by atoms with E-state index in [0.29, 0.717) is 5.92 Å². The molecule has 1 aliphatic carbocycles. The molecule has 0 N–H and O–H groups in total. The van der Waals surface area contributed by atoms with Crippen LogP contribution in [0.1, 0.15) is 43.6 Å². The summed E-state index contributed by atoms with van der Waals surface area (Å²) in [5.41, 5.74) is 12.4. The van der Waals surface area contributed by atoms with Crippen LogP contribution in [-0.2, 0) is 0 Å². The molecule has 0 radical (unpaired) electrons. The van der Waals surface area contributed by atoms with Crippen LogP contribution in [0.5, 0.6) is 0 Å². The van der Waals surface area contributed by atoms with Gasteiger partial charge in [0.25, 0.3) is 0 Å². The molecule has 1 aromatic heterocycles. The van der Waals surface area contributed by atoms with Gasteiger partial charge in [0.05, 0.1) is 17.1 Å². The number of hydrogen-bond acceptors (Lipinski definition) is 2. The molecule has 0 aliphatic heterocycles. The third-order valence-electron chi connectivity index (χ3n) is 11.5. The molecule has 0 bridgehead atoms. The van der Waals surface area contributed by atoms with E-state index >= 15 is 0 Å². The predicted octanol–water partition coefficient (Wildman–Crippen LogP) is 15.7. The van der Waals surface area contributed by atoms with Gasteiger partial charge in [-0.05, 0) is 70.5 Å². The number of benzene rings is 8. The van der Waals surface area contributed by atoms with Crippen molar-refractivity contribution in [3.63, 3.8) is 0 Å². The molecular weight excluding hydrogens is 671 g/mol. The number of thiophene rings is 1. The number of rotatable bonds is 7. The summed E-state index contributed by atoms with van der Waals surface area (Å²) in [5, 5.41) is 5.35. The summed E-state index contributed by atoms with van der Waals surface area (Å²) in [7, 11) is 0. The largest absolute Gasteiger partial charge is 0.309 e. The maximum Gasteiger partial charge on any atom is 0.0541 e. The van der Waals surface area contributed by atoms with Crippen molar-refractivity contribution < 1.29 is 0 Å².